The van der Waals surface area contributed by atoms with Crippen LogP contribution in [0.15, 0.2) is 0 Å². The lowest BCUT2D eigenvalue weighted by Crippen LogP contribution is -2.45. The predicted molar refractivity (Wildman–Crippen MR) is 56.1 cm³/mol. The van der Waals surface area contributed by atoms with Gasteiger partial charge in [-0.2, -0.15) is 0 Å². The van der Waals surface area contributed by atoms with E-state index in [0.29, 0.717) is 5.92 Å². The first kappa shape index (κ1) is 10.4. The van der Waals surface area contributed by atoms with Crippen molar-refractivity contribution >= 4 is 0 Å². The summed E-state index contributed by atoms with van der Waals surface area (Å²) in [4.78, 5) is 0. The summed E-state index contributed by atoms with van der Waals surface area (Å²) in [5.41, 5.74) is -0.307. The van der Waals surface area contributed by atoms with E-state index >= 15 is 0 Å². The highest BCUT2D eigenvalue weighted by molar-refractivity contribution is 4.93. The zero-order chi connectivity index (χ0) is 10.0. The van der Waals surface area contributed by atoms with Gasteiger partial charge in [0.15, 0.2) is 0 Å². The third-order valence-corrected chi connectivity index (χ3v) is 4.25. The molecule has 2 aliphatic rings. The quantitative estimate of drug-likeness (QED) is 0.754. The van der Waals surface area contributed by atoms with Gasteiger partial charge in [0.05, 0.1) is 5.60 Å². The maximum absolute atomic E-state index is 10.2. The smallest absolute Gasteiger partial charge is 0.0673 e. The minimum atomic E-state index is -0.307. The fourth-order valence-electron chi connectivity index (χ4n) is 2.63. The second-order valence-corrected chi connectivity index (χ2v) is 5.14. The lowest BCUT2D eigenvalue weighted by Gasteiger charge is -2.44. The zero-order valence-electron chi connectivity index (χ0n) is 9.17. The van der Waals surface area contributed by atoms with Gasteiger partial charge < -0.3 is 9.84 Å². The van der Waals surface area contributed by atoms with Crippen molar-refractivity contribution in [1.82, 2.24) is 0 Å². The van der Waals surface area contributed by atoms with E-state index in [9.17, 15) is 5.11 Å². The first-order chi connectivity index (χ1) is 6.71. The van der Waals surface area contributed by atoms with Crippen LogP contribution in [0.1, 0.15) is 45.4 Å². The molecular formula is C12H22O2. The second-order valence-electron chi connectivity index (χ2n) is 5.14. The summed E-state index contributed by atoms with van der Waals surface area (Å²) in [7, 11) is 0. The Kier molecular flexibility index (Phi) is 3.13. The van der Waals surface area contributed by atoms with E-state index in [4.69, 9.17) is 4.74 Å². The highest BCUT2D eigenvalue weighted by atomic mass is 16.5. The molecule has 0 aromatic heterocycles. The molecule has 1 heterocycles. The Bertz CT molecular complexity index is 187. The van der Waals surface area contributed by atoms with Gasteiger partial charge >= 0.3 is 0 Å². The Balaban J connectivity index is 1.70. The minimum Gasteiger partial charge on any atom is -0.390 e. The second kappa shape index (κ2) is 4.19. The summed E-state index contributed by atoms with van der Waals surface area (Å²) < 4.78 is 5.33. The van der Waals surface area contributed by atoms with Gasteiger partial charge in [-0.3, -0.25) is 0 Å². The molecule has 2 heteroatoms. The van der Waals surface area contributed by atoms with Crippen molar-refractivity contribution in [2.24, 2.45) is 11.8 Å². The van der Waals surface area contributed by atoms with Crippen molar-refractivity contribution in [1.29, 1.82) is 0 Å². The van der Waals surface area contributed by atoms with Gasteiger partial charge in [0.25, 0.3) is 0 Å². The molecule has 14 heavy (non-hydrogen) atoms. The van der Waals surface area contributed by atoms with Crippen LogP contribution in [0.4, 0.5) is 0 Å². The lowest BCUT2D eigenvalue weighted by molar-refractivity contribution is -0.0974. The summed E-state index contributed by atoms with van der Waals surface area (Å²) in [5, 5.41) is 10.2. The van der Waals surface area contributed by atoms with Crippen molar-refractivity contribution in [3.8, 4) is 0 Å². The van der Waals surface area contributed by atoms with Crippen LogP contribution < -0.4 is 0 Å². The summed E-state index contributed by atoms with van der Waals surface area (Å²) in [6.45, 7) is 4.03. The van der Waals surface area contributed by atoms with Gasteiger partial charge in [-0.05, 0) is 50.4 Å². The van der Waals surface area contributed by atoms with Crippen molar-refractivity contribution in [3.05, 3.63) is 0 Å². The third kappa shape index (κ3) is 2.12. The maximum atomic E-state index is 10.2. The standard InChI is InChI=1S/C12H22O2/c1-10-2-6-12(10,13)7-3-11-4-8-14-9-5-11/h10-11,13H,2-9H2,1H3. The number of hydrogen-bond donors (Lipinski definition) is 1. The summed E-state index contributed by atoms with van der Waals surface area (Å²) in [5.74, 6) is 1.34. The molecule has 2 fully saturated rings. The first-order valence-electron chi connectivity index (χ1n) is 6.01. The average Bonchev–Trinajstić information content (AvgIpc) is 2.25. The van der Waals surface area contributed by atoms with Crippen molar-refractivity contribution < 1.29 is 9.84 Å². The van der Waals surface area contributed by atoms with Crippen LogP contribution in [0, 0.1) is 11.8 Å². The molecule has 0 radical (unpaired) electrons. The van der Waals surface area contributed by atoms with E-state index in [1.807, 2.05) is 0 Å². The molecule has 2 nitrogen and oxygen atoms in total. The Morgan fingerprint density at radius 1 is 1.29 bits per heavy atom. The molecule has 2 rings (SSSR count). The van der Waals surface area contributed by atoms with Crippen LogP contribution in [0.5, 0.6) is 0 Å². The minimum absolute atomic E-state index is 0.307. The molecular weight excluding hydrogens is 176 g/mol. The summed E-state index contributed by atoms with van der Waals surface area (Å²) in [6, 6.07) is 0. The third-order valence-electron chi connectivity index (χ3n) is 4.25. The van der Waals surface area contributed by atoms with Crippen molar-refractivity contribution in [2.45, 2.75) is 51.0 Å². The molecule has 1 aliphatic carbocycles. The fourth-order valence-corrected chi connectivity index (χ4v) is 2.63. The van der Waals surface area contributed by atoms with E-state index in [1.165, 1.54) is 25.7 Å². The van der Waals surface area contributed by atoms with Gasteiger partial charge in [-0.25, -0.2) is 0 Å². The van der Waals surface area contributed by atoms with Crippen LogP contribution in [0.3, 0.4) is 0 Å². The molecule has 0 aromatic carbocycles. The van der Waals surface area contributed by atoms with Gasteiger partial charge in [0.1, 0.15) is 0 Å². The molecule has 1 N–H and O–H groups in total. The molecule has 0 bridgehead atoms. The Morgan fingerprint density at radius 3 is 2.50 bits per heavy atom. The van der Waals surface area contributed by atoms with Gasteiger partial charge in [-0.1, -0.05) is 6.92 Å². The summed E-state index contributed by atoms with van der Waals surface area (Å²) in [6.07, 6.45) is 6.85. The zero-order valence-corrected chi connectivity index (χ0v) is 9.17. The maximum Gasteiger partial charge on any atom is 0.0673 e. The molecule has 0 aromatic rings. The Morgan fingerprint density at radius 2 is 2.00 bits per heavy atom. The topological polar surface area (TPSA) is 29.5 Å². The monoisotopic (exact) mass is 198 g/mol. The highest BCUT2D eigenvalue weighted by Crippen LogP contribution is 2.42. The molecule has 82 valence electrons. The number of rotatable bonds is 3. The lowest BCUT2D eigenvalue weighted by atomic mass is 9.67. The first-order valence-corrected chi connectivity index (χ1v) is 6.01. The van der Waals surface area contributed by atoms with Gasteiger partial charge in [0.2, 0.25) is 0 Å². The van der Waals surface area contributed by atoms with Crippen LogP contribution in [0.2, 0.25) is 0 Å². The number of aliphatic hydroxyl groups is 1. The number of hydrogen-bond acceptors (Lipinski definition) is 2. The van der Waals surface area contributed by atoms with Gasteiger partial charge in [-0.15, -0.1) is 0 Å². The van der Waals surface area contributed by atoms with Crippen LogP contribution >= 0.6 is 0 Å². The van der Waals surface area contributed by atoms with E-state index in [0.717, 1.165) is 32.0 Å². The van der Waals surface area contributed by atoms with E-state index in [-0.39, 0.29) is 5.60 Å². The Hall–Kier alpha value is -0.0800. The van der Waals surface area contributed by atoms with Crippen molar-refractivity contribution in [2.75, 3.05) is 13.2 Å². The van der Waals surface area contributed by atoms with E-state index < -0.39 is 0 Å². The number of ether oxygens (including phenoxy) is 1. The SMILES string of the molecule is CC1CCC1(O)CCC1CCOCC1. The van der Waals surface area contributed by atoms with Gasteiger partial charge in [0, 0.05) is 13.2 Å². The van der Waals surface area contributed by atoms with Crippen LogP contribution in [-0.4, -0.2) is 23.9 Å². The summed E-state index contributed by atoms with van der Waals surface area (Å²) >= 11 is 0. The van der Waals surface area contributed by atoms with E-state index in [2.05, 4.69) is 6.92 Å². The molecule has 2 atom stereocenters. The largest absolute Gasteiger partial charge is 0.390 e. The van der Waals surface area contributed by atoms with Crippen molar-refractivity contribution in [3.63, 3.8) is 0 Å². The van der Waals surface area contributed by atoms with Crippen LogP contribution in [0.25, 0.3) is 0 Å². The normalized spacial score (nSPS) is 39.4. The molecule has 0 amide bonds. The molecule has 1 saturated carbocycles. The molecule has 1 saturated heterocycles. The van der Waals surface area contributed by atoms with Crippen LogP contribution in [-0.2, 0) is 4.74 Å². The molecule has 0 spiro atoms. The average molecular weight is 198 g/mol. The highest BCUT2D eigenvalue weighted by Gasteiger charge is 2.41. The predicted octanol–water partition coefficient (Wildman–Crippen LogP) is 2.35. The molecule has 1 aliphatic heterocycles. The molecule has 2 unspecified atom stereocenters. The van der Waals surface area contributed by atoms with E-state index in [1.54, 1.807) is 0 Å². The Labute approximate surface area is 86.6 Å². The fraction of sp³-hybridized carbons (Fsp3) is 1.00.